The average Bonchev–Trinajstić information content (AvgIpc) is 2.41. The van der Waals surface area contributed by atoms with E-state index in [1.54, 1.807) is 13.1 Å². The molecule has 5 nitrogen and oxygen atoms in total. The first kappa shape index (κ1) is 17.3. The SMILES string of the molecule is CNC(=O)Nc1cc(CCN(C(C)C)C(C)C)ccc1O. The highest BCUT2D eigenvalue weighted by Crippen LogP contribution is 2.24. The smallest absolute Gasteiger partial charge is 0.319 e. The molecule has 0 unspecified atom stereocenters. The van der Waals surface area contributed by atoms with E-state index >= 15 is 0 Å². The summed E-state index contributed by atoms with van der Waals surface area (Å²) in [7, 11) is 1.54. The number of amides is 2. The van der Waals surface area contributed by atoms with E-state index in [1.165, 1.54) is 0 Å². The van der Waals surface area contributed by atoms with Gasteiger partial charge in [0.05, 0.1) is 5.69 Å². The van der Waals surface area contributed by atoms with Crippen LogP contribution in [0.2, 0.25) is 0 Å². The van der Waals surface area contributed by atoms with Gasteiger partial charge in [-0.3, -0.25) is 4.90 Å². The molecule has 1 aromatic carbocycles. The molecule has 0 aliphatic carbocycles. The first-order chi connectivity index (χ1) is 9.85. The van der Waals surface area contributed by atoms with E-state index in [-0.39, 0.29) is 11.8 Å². The normalized spacial score (nSPS) is 11.2. The zero-order chi connectivity index (χ0) is 16.0. The highest BCUT2D eigenvalue weighted by Gasteiger charge is 2.13. The number of nitrogens with zero attached hydrogens (tertiary/aromatic N) is 1. The van der Waals surface area contributed by atoms with Crippen LogP contribution in [0.15, 0.2) is 18.2 Å². The molecule has 0 aromatic heterocycles. The molecular formula is C16H27N3O2. The summed E-state index contributed by atoms with van der Waals surface area (Å²) in [5.74, 6) is 0.0759. The largest absolute Gasteiger partial charge is 0.506 e. The Labute approximate surface area is 127 Å². The van der Waals surface area contributed by atoms with Crippen LogP contribution in [0.4, 0.5) is 10.5 Å². The summed E-state index contributed by atoms with van der Waals surface area (Å²) < 4.78 is 0. The lowest BCUT2D eigenvalue weighted by Gasteiger charge is -2.30. The van der Waals surface area contributed by atoms with E-state index in [9.17, 15) is 9.90 Å². The number of nitrogens with one attached hydrogen (secondary N) is 2. The zero-order valence-corrected chi connectivity index (χ0v) is 13.6. The summed E-state index contributed by atoms with van der Waals surface area (Å²) in [6, 6.07) is 5.98. The molecule has 0 aliphatic heterocycles. The molecule has 1 rings (SSSR count). The maximum absolute atomic E-state index is 11.3. The summed E-state index contributed by atoms with van der Waals surface area (Å²) in [4.78, 5) is 13.8. The van der Waals surface area contributed by atoms with E-state index in [1.807, 2.05) is 12.1 Å². The summed E-state index contributed by atoms with van der Waals surface area (Å²) >= 11 is 0. The molecule has 0 radical (unpaired) electrons. The van der Waals surface area contributed by atoms with Crippen molar-refractivity contribution in [2.24, 2.45) is 0 Å². The number of urea groups is 1. The van der Waals surface area contributed by atoms with Gasteiger partial charge in [-0.25, -0.2) is 4.79 Å². The molecular weight excluding hydrogens is 266 g/mol. The van der Waals surface area contributed by atoms with Crippen molar-refractivity contribution in [3.63, 3.8) is 0 Å². The summed E-state index contributed by atoms with van der Waals surface area (Å²) in [6.45, 7) is 9.70. The molecule has 3 N–H and O–H groups in total. The number of anilines is 1. The molecule has 0 fully saturated rings. The third kappa shape index (κ3) is 5.27. The van der Waals surface area contributed by atoms with E-state index < -0.39 is 0 Å². The number of aromatic hydroxyl groups is 1. The monoisotopic (exact) mass is 293 g/mol. The fraction of sp³-hybridized carbons (Fsp3) is 0.562. The lowest BCUT2D eigenvalue weighted by atomic mass is 10.1. The van der Waals surface area contributed by atoms with Crippen LogP contribution in [0, 0.1) is 0 Å². The molecule has 118 valence electrons. The van der Waals surface area contributed by atoms with Gasteiger partial charge in [-0.15, -0.1) is 0 Å². The van der Waals surface area contributed by atoms with Crippen molar-refractivity contribution in [2.75, 3.05) is 18.9 Å². The Kier molecular flexibility index (Phi) is 6.49. The Balaban J connectivity index is 2.76. The van der Waals surface area contributed by atoms with Gasteiger partial charge < -0.3 is 15.7 Å². The third-order valence-electron chi connectivity index (χ3n) is 3.52. The summed E-state index contributed by atoms with van der Waals surface area (Å²) in [5, 5.41) is 14.9. The van der Waals surface area contributed by atoms with Crippen LogP contribution >= 0.6 is 0 Å². The molecule has 21 heavy (non-hydrogen) atoms. The maximum Gasteiger partial charge on any atom is 0.319 e. The minimum atomic E-state index is -0.339. The molecule has 0 saturated heterocycles. The predicted octanol–water partition coefficient (Wildman–Crippen LogP) is 2.80. The van der Waals surface area contributed by atoms with Crippen LogP contribution in [0.25, 0.3) is 0 Å². The van der Waals surface area contributed by atoms with Gasteiger partial charge in [-0.05, 0) is 51.8 Å². The zero-order valence-electron chi connectivity index (χ0n) is 13.6. The Morgan fingerprint density at radius 3 is 2.38 bits per heavy atom. The Morgan fingerprint density at radius 2 is 1.86 bits per heavy atom. The van der Waals surface area contributed by atoms with Gasteiger partial charge in [0.2, 0.25) is 0 Å². The van der Waals surface area contributed by atoms with Gasteiger partial charge in [0.15, 0.2) is 0 Å². The third-order valence-corrected chi connectivity index (χ3v) is 3.52. The lowest BCUT2D eigenvalue weighted by Crippen LogP contribution is -2.38. The number of hydrogen-bond donors (Lipinski definition) is 3. The first-order valence-electron chi connectivity index (χ1n) is 7.41. The highest BCUT2D eigenvalue weighted by molar-refractivity contribution is 5.90. The van der Waals surface area contributed by atoms with Gasteiger partial charge in [0.25, 0.3) is 0 Å². The van der Waals surface area contributed by atoms with Crippen molar-refractivity contribution in [1.82, 2.24) is 10.2 Å². The van der Waals surface area contributed by atoms with Crippen LogP contribution < -0.4 is 10.6 Å². The molecule has 0 heterocycles. The average molecular weight is 293 g/mol. The van der Waals surface area contributed by atoms with E-state index in [4.69, 9.17) is 0 Å². The van der Waals surface area contributed by atoms with Crippen LogP contribution in [0.5, 0.6) is 5.75 Å². The summed E-state index contributed by atoms with van der Waals surface area (Å²) in [5.41, 5.74) is 1.53. The number of phenols is 1. The van der Waals surface area contributed by atoms with E-state index in [0.29, 0.717) is 17.8 Å². The molecule has 0 aliphatic rings. The minimum absolute atomic E-state index is 0.0759. The number of phenolic OH excluding ortho intramolecular Hbond substituents is 1. The summed E-state index contributed by atoms with van der Waals surface area (Å²) in [6.07, 6.45) is 0.874. The van der Waals surface area contributed by atoms with Gasteiger partial charge in [0.1, 0.15) is 5.75 Å². The molecule has 2 amide bonds. The number of rotatable bonds is 6. The fourth-order valence-electron chi connectivity index (χ4n) is 2.39. The number of hydrogen-bond acceptors (Lipinski definition) is 3. The molecule has 0 bridgehead atoms. The Hall–Kier alpha value is -1.75. The van der Waals surface area contributed by atoms with Crippen LogP contribution in [-0.2, 0) is 6.42 Å². The minimum Gasteiger partial charge on any atom is -0.506 e. The van der Waals surface area contributed by atoms with Crippen LogP contribution in [0.1, 0.15) is 33.3 Å². The van der Waals surface area contributed by atoms with Gasteiger partial charge >= 0.3 is 6.03 Å². The van der Waals surface area contributed by atoms with Crippen molar-refractivity contribution < 1.29 is 9.90 Å². The topological polar surface area (TPSA) is 64.6 Å². The molecule has 5 heteroatoms. The quantitative estimate of drug-likeness (QED) is 0.707. The molecule has 1 aromatic rings. The van der Waals surface area contributed by atoms with Crippen LogP contribution in [-0.4, -0.2) is 41.7 Å². The second kappa shape index (κ2) is 7.88. The Morgan fingerprint density at radius 1 is 1.24 bits per heavy atom. The van der Waals surface area contributed by atoms with Crippen molar-refractivity contribution in [3.8, 4) is 5.75 Å². The Bertz CT molecular complexity index is 465. The lowest BCUT2D eigenvalue weighted by molar-refractivity contribution is 0.177. The van der Waals surface area contributed by atoms with Crippen molar-refractivity contribution in [3.05, 3.63) is 23.8 Å². The second-order valence-electron chi connectivity index (χ2n) is 5.73. The van der Waals surface area contributed by atoms with E-state index in [0.717, 1.165) is 18.5 Å². The number of carbonyl (C=O) groups is 1. The first-order valence-corrected chi connectivity index (χ1v) is 7.41. The second-order valence-corrected chi connectivity index (χ2v) is 5.73. The van der Waals surface area contributed by atoms with E-state index in [2.05, 4.69) is 43.2 Å². The highest BCUT2D eigenvalue weighted by atomic mass is 16.3. The van der Waals surface area contributed by atoms with Crippen molar-refractivity contribution in [2.45, 2.75) is 46.2 Å². The standard InChI is InChI=1S/C16H27N3O2/c1-11(2)19(12(3)4)9-8-13-6-7-15(20)14(10-13)18-16(21)17-5/h6-7,10-12,20H,8-9H2,1-5H3,(H2,17,18,21). The predicted molar refractivity (Wildman–Crippen MR) is 86.9 cm³/mol. The molecule has 0 spiro atoms. The number of benzene rings is 1. The maximum atomic E-state index is 11.3. The van der Waals surface area contributed by atoms with Crippen molar-refractivity contribution in [1.29, 1.82) is 0 Å². The van der Waals surface area contributed by atoms with Crippen LogP contribution in [0.3, 0.4) is 0 Å². The molecule has 0 saturated carbocycles. The fourth-order valence-corrected chi connectivity index (χ4v) is 2.39. The van der Waals surface area contributed by atoms with Gasteiger partial charge in [0, 0.05) is 25.7 Å². The van der Waals surface area contributed by atoms with Gasteiger partial charge in [-0.1, -0.05) is 6.07 Å². The van der Waals surface area contributed by atoms with Crippen molar-refractivity contribution >= 4 is 11.7 Å². The van der Waals surface area contributed by atoms with Gasteiger partial charge in [-0.2, -0.15) is 0 Å². The number of carbonyl (C=O) groups excluding carboxylic acids is 1. The molecule has 0 atom stereocenters.